The fraction of sp³-hybridized carbons (Fsp3) is 0.667. The summed E-state index contributed by atoms with van der Waals surface area (Å²) in [5.74, 6) is -0.515. The van der Waals surface area contributed by atoms with Crippen LogP contribution in [0, 0.1) is 22.7 Å². The average molecular weight is 398 g/mol. The predicted octanol–water partition coefficient (Wildman–Crippen LogP) is 3.58. The molecule has 5 aliphatic rings. The number of aliphatic hydroxyl groups is 1. The normalized spacial score (nSPS) is 50.2. The summed E-state index contributed by atoms with van der Waals surface area (Å²) in [4.78, 5) is 23.4. The molecule has 1 heterocycles. The van der Waals surface area contributed by atoms with E-state index < -0.39 is 17.0 Å². The van der Waals surface area contributed by atoms with Gasteiger partial charge in [-0.3, -0.25) is 9.59 Å². The van der Waals surface area contributed by atoms with E-state index in [0.717, 1.165) is 36.0 Å². The summed E-state index contributed by atoms with van der Waals surface area (Å²) in [6.45, 7) is 13.1. The van der Waals surface area contributed by atoms with Crippen LogP contribution < -0.4 is 0 Å². The molecule has 5 heteroatoms. The third kappa shape index (κ3) is 2.08. The van der Waals surface area contributed by atoms with E-state index in [4.69, 9.17) is 4.74 Å². The van der Waals surface area contributed by atoms with Crippen LogP contribution in [0.2, 0.25) is 0 Å². The largest absolute Gasteiger partial charge is 0.481 e. The molecule has 0 amide bonds. The summed E-state index contributed by atoms with van der Waals surface area (Å²) < 4.78 is 6.53. The molecule has 0 bridgehead atoms. The monoisotopic (exact) mass is 398 g/mol. The maximum Gasteiger partial charge on any atom is 0.303 e. The summed E-state index contributed by atoms with van der Waals surface area (Å²) in [5, 5.41) is 20.8. The summed E-state index contributed by atoms with van der Waals surface area (Å²) in [7, 11) is 0. The zero-order chi connectivity index (χ0) is 21.0. The molecule has 5 nitrogen and oxygen atoms in total. The Bertz CT molecular complexity index is 901. The first kappa shape index (κ1) is 19.3. The van der Waals surface area contributed by atoms with E-state index in [0.29, 0.717) is 12.8 Å². The molecule has 2 N–H and O–H groups in total. The van der Waals surface area contributed by atoms with Crippen molar-refractivity contribution in [3.63, 3.8) is 0 Å². The van der Waals surface area contributed by atoms with Gasteiger partial charge in [0.2, 0.25) is 0 Å². The Hall–Kier alpha value is -1.72. The molecule has 0 aromatic rings. The number of hydrogen-bond acceptors (Lipinski definition) is 4. The van der Waals surface area contributed by atoms with E-state index in [2.05, 4.69) is 27.0 Å². The minimum Gasteiger partial charge on any atom is -0.481 e. The zero-order valence-electron chi connectivity index (χ0n) is 17.3. The van der Waals surface area contributed by atoms with Gasteiger partial charge in [0.25, 0.3) is 0 Å². The number of carbonyl (C=O) groups is 2. The van der Waals surface area contributed by atoms with Crippen molar-refractivity contribution in [1.82, 2.24) is 0 Å². The number of carbonyl (C=O) groups excluding carboxylic acids is 1. The first-order valence-electron chi connectivity index (χ1n) is 10.8. The Kier molecular flexibility index (Phi) is 3.65. The van der Waals surface area contributed by atoms with Crippen LogP contribution in [0.5, 0.6) is 0 Å². The predicted molar refractivity (Wildman–Crippen MR) is 107 cm³/mol. The number of carboxylic acids is 1. The third-order valence-electron chi connectivity index (χ3n) is 9.46. The van der Waals surface area contributed by atoms with Crippen molar-refractivity contribution in [3.05, 3.63) is 36.0 Å². The Morgan fingerprint density at radius 1 is 1.31 bits per heavy atom. The van der Waals surface area contributed by atoms with Gasteiger partial charge in [-0.15, -0.1) is 0 Å². The van der Waals surface area contributed by atoms with Crippen LogP contribution in [0.25, 0.3) is 0 Å². The van der Waals surface area contributed by atoms with E-state index in [1.807, 2.05) is 0 Å². The minimum absolute atomic E-state index is 0.00495. The molecule has 0 aromatic carbocycles. The molecule has 1 saturated heterocycles. The highest BCUT2D eigenvalue weighted by atomic mass is 16.6. The van der Waals surface area contributed by atoms with Gasteiger partial charge in [0.1, 0.15) is 5.60 Å². The van der Waals surface area contributed by atoms with Gasteiger partial charge < -0.3 is 14.9 Å². The second kappa shape index (κ2) is 5.50. The van der Waals surface area contributed by atoms with Crippen molar-refractivity contribution in [2.45, 2.75) is 76.1 Å². The van der Waals surface area contributed by atoms with Gasteiger partial charge in [0.15, 0.2) is 5.78 Å². The first-order chi connectivity index (χ1) is 13.5. The Morgan fingerprint density at radius 3 is 2.72 bits per heavy atom. The van der Waals surface area contributed by atoms with Gasteiger partial charge in [-0.05, 0) is 60.8 Å². The van der Waals surface area contributed by atoms with Gasteiger partial charge in [-0.1, -0.05) is 27.0 Å². The summed E-state index contributed by atoms with van der Waals surface area (Å²) in [6.07, 6.45) is 5.43. The SMILES string of the molecule is C=C1C(=C)[C@H]2[C@@H]3CC[C@](O)(CCC(=O)O)[C@@]3(C)CC3O[C@]32[C@@]2(C)CCC(=O)C=C12. The van der Waals surface area contributed by atoms with Crippen molar-refractivity contribution in [2.75, 3.05) is 0 Å². The number of allylic oxidation sites excluding steroid dienone is 1. The standard InChI is InChI=1S/C24H30O5/c1-13-14(2)20-16-6-9-23(28,10-7-19(26)27)22(16,4)12-18-24(20,29-18)21(3)8-5-15(25)11-17(13)21/h11,16,18,20,28H,1-2,5-10,12H2,3-4H3,(H,26,27)/t16-,18?,20-,21-,22-,23-,24+/m0/s1. The van der Waals surface area contributed by atoms with Crippen LogP contribution in [0.4, 0.5) is 0 Å². The molecular weight excluding hydrogens is 368 g/mol. The van der Waals surface area contributed by atoms with E-state index in [1.54, 1.807) is 6.08 Å². The maximum atomic E-state index is 12.2. The molecule has 4 aliphatic carbocycles. The Labute approximate surface area is 171 Å². The van der Waals surface area contributed by atoms with Crippen molar-refractivity contribution in [3.8, 4) is 0 Å². The second-order valence-electron chi connectivity index (χ2n) is 10.4. The van der Waals surface area contributed by atoms with Crippen LogP contribution in [-0.4, -0.2) is 39.3 Å². The molecule has 1 aliphatic heterocycles. The van der Waals surface area contributed by atoms with Crippen LogP contribution in [0.3, 0.4) is 0 Å². The topological polar surface area (TPSA) is 87.1 Å². The number of ketones is 1. The highest BCUT2D eigenvalue weighted by molar-refractivity contribution is 5.93. The van der Waals surface area contributed by atoms with E-state index in [9.17, 15) is 19.8 Å². The van der Waals surface area contributed by atoms with Crippen LogP contribution in [0.15, 0.2) is 36.0 Å². The average Bonchev–Trinajstić information content (AvgIpc) is 3.32. The van der Waals surface area contributed by atoms with Gasteiger partial charge in [0.05, 0.1) is 11.7 Å². The second-order valence-corrected chi connectivity index (χ2v) is 10.4. The number of hydrogen-bond donors (Lipinski definition) is 2. The number of rotatable bonds is 3. The highest BCUT2D eigenvalue weighted by Crippen LogP contribution is 2.77. The van der Waals surface area contributed by atoms with Crippen molar-refractivity contribution < 1.29 is 24.5 Å². The molecule has 0 aromatic heterocycles. The minimum atomic E-state index is -1.00. The Morgan fingerprint density at radius 2 is 2.03 bits per heavy atom. The third-order valence-corrected chi connectivity index (χ3v) is 9.46. The van der Waals surface area contributed by atoms with Crippen LogP contribution in [-0.2, 0) is 14.3 Å². The lowest BCUT2D eigenvalue weighted by molar-refractivity contribution is -0.142. The molecule has 29 heavy (non-hydrogen) atoms. The van der Waals surface area contributed by atoms with E-state index >= 15 is 0 Å². The number of fused-ring (bicyclic) bond motifs is 3. The lowest BCUT2D eigenvalue weighted by Crippen LogP contribution is -2.60. The van der Waals surface area contributed by atoms with Gasteiger partial charge in [-0.25, -0.2) is 0 Å². The molecule has 1 unspecified atom stereocenters. The number of carboxylic acid groups (broad SMARTS) is 1. The highest BCUT2D eigenvalue weighted by Gasteiger charge is 2.81. The van der Waals surface area contributed by atoms with E-state index in [1.165, 1.54) is 0 Å². The lowest BCUT2D eigenvalue weighted by Gasteiger charge is -2.58. The smallest absolute Gasteiger partial charge is 0.303 e. The quantitative estimate of drug-likeness (QED) is 0.710. The molecule has 156 valence electrons. The zero-order valence-corrected chi connectivity index (χ0v) is 17.3. The van der Waals surface area contributed by atoms with Crippen molar-refractivity contribution in [2.24, 2.45) is 22.7 Å². The van der Waals surface area contributed by atoms with Crippen molar-refractivity contribution >= 4 is 11.8 Å². The maximum absolute atomic E-state index is 12.2. The van der Waals surface area contributed by atoms with Crippen molar-refractivity contribution in [1.29, 1.82) is 0 Å². The lowest BCUT2D eigenvalue weighted by atomic mass is 9.44. The van der Waals surface area contributed by atoms with Crippen LogP contribution >= 0.6 is 0 Å². The van der Waals surface area contributed by atoms with Gasteiger partial charge in [-0.2, -0.15) is 0 Å². The Balaban J connectivity index is 1.59. The molecule has 0 radical (unpaired) electrons. The van der Waals surface area contributed by atoms with E-state index in [-0.39, 0.29) is 47.6 Å². The number of epoxide rings is 1. The number of aliphatic carboxylic acids is 1. The molecule has 7 atom stereocenters. The molecule has 1 spiro atoms. The fourth-order valence-electron chi connectivity index (χ4n) is 7.71. The van der Waals surface area contributed by atoms with Gasteiger partial charge in [0, 0.05) is 29.6 Å². The molecule has 4 fully saturated rings. The summed E-state index contributed by atoms with van der Waals surface area (Å²) in [5.41, 5.74) is 0.719. The van der Waals surface area contributed by atoms with Crippen LogP contribution in [0.1, 0.15) is 58.8 Å². The first-order valence-corrected chi connectivity index (χ1v) is 10.8. The summed E-state index contributed by atoms with van der Waals surface area (Å²) >= 11 is 0. The summed E-state index contributed by atoms with van der Waals surface area (Å²) in [6, 6.07) is 0. The van der Waals surface area contributed by atoms with Gasteiger partial charge >= 0.3 is 5.97 Å². The molecule has 3 saturated carbocycles. The molecule has 5 rings (SSSR count). The fourth-order valence-corrected chi connectivity index (χ4v) is 7.71. The molecular formula is C24H30O5. The number of ether oxygens (including phenoxy) is 1.